The molecule has 4 aromatic rings. The summed E-state index contributed by atoms with van der Waals surface area (Å²) in [6.45, 7) is 1.99. The number of carbonyl (C=O) groups excluding carboxylic acids is 1. The van der Waals surface area contributed by atoms with Crippen LogP contribution in [0.15, 0.2) is 120 Å². The van der Waals surface area contributed by atoms with Crippen molar-refractivity contribution in [2.45, 2.75) is 25.4 Å². The molecule has 1 heterocycles. The number of carbonyl (C=O) groups is 1. The minimum Gasteiger partial charge on any atom is -0.463 e. The lowest BCUT2D eigenvalue weighted by Gasteiger charge is -2.46. The van der Waals surface area contributed by atoms with Gasteiger partial charge in [0, 0.05) is 23.5 Å². The SMILES string of the molecule is CCOC(=O)C1=C(Nc2ccc(F)cc2)C[C@@H](c2ccccc2)N(c2ccc(F)cc2)[C@@H]1c1ccccc1. The van der Waals surface area contributed by atoms with E-state index >= 15 is 0 Å². The zero-order chi connectivity index (χ0) is 26.5. The van der Waals surface area contributed by atoms with E-state index in [0.29, 0.717) is 23.4 Å². The Balaban J connectivity index is 1.76. The number of halogens is 2. The third-order valence-corrected chi connectivity index (χ3v) is 6.67. The van der Waals surface area contributed by atoms with E-state index in [1.807, 2.05) is 60.7 Å². The second-order valence-corrected chi connectivity index (χ2v) is 9.07. The summed E-state index contributed by atoms with van der Waals surface area (Å²) in [5.74, 6) is -1.12. The zero-order valence-electron chi connectivity index (χ0n) is 21.0. The number of esters is 1. The van der Waals surface area contributed by atoms with Crippen molar-refractivity contribution in [2.24, 2.45) is 0 Å². The summed E-state index contributed by atoms with van der Waals surface area (Å²) < 4.78 is 33.2. The van der Waals surface area contributed by atoms with Gasteiger partial charge in [0.1, 0.15) is 11.6 Å². The highest BCUT2D eigenvalue weighted by Gasteiger charge is 2.41. The lowest BCUT2D eigenvalue weighted by molar-refractivity contribution is -0.139. The van der Waals surface area contributed by atoms with Crippen molar-refractivity contribution in [3.8, 4) is 0 Å². The van der Waals surface area contributed by atoms with Gasteiger partial charge in [0.25, 0.3) is 0 Å². The zero-order valence-corrected chi connectivity index (χ0v) is 21.0. The molecule has 4 aromatic carbocycles. The highest BCUT2D eigenvalue weighted by Crippen LogP contribution is 2.48. The molecule has 38 heavy (non-hydrogen) atoms. The van der Waals surface area contributed by atoms with Crippen LogP contribution in [0, 0.1) is 11.6 Å². The number of nitrogens with one attached hydrogen (secondary N) is 1. The molecule has 0 aliphatic carbocycles. The molecule has 1 aliphatic heterocycles. The van der Waals surface area contributed by atoms with E-state index in [1.54, 1.807) is 31.2 Å². The van der Waals surface area contributed by atoms with Gasteiger partial charge in [0.05, 0.1) is 24.3 Å². The molecule has 0 aromatic heterocycles. The fourth-order valence-corrected chi connectivity index (χ4v) is 5.01. The number of benzene rings is 4. The molecule has 0 radical (unpaired) electrons. The molecule has 4 nitrogen and oxygen atoms in total. The van der Waals surface area contributed by atoms with Gasteiger partial charge in [-0.15, -0.1) is 0 Å². The Morgan fingerprint density at radius 2 is 1.37 bits per heavy atom. The molecule has 0 saturated carbocycles. The Morgan fingerprint density at radius 3 is 1.95 bits per heavy atom. The Labute approximate surface area is 221 Å². The lowest BCUT2D eigenvalue weighted by atomic mass is 9.84. The van der Waals surface area contributed by atoms with Crippen LogP contribution in [-0.4, -0.2) is 12.6 Å². The van der Waals surface area contributed by atoms with Gasteiger partial charge in [0.2, 0.25) is 0 Å². The van der Waals surface area contributed by atoms with Crippen LogP contribution in [0.5, 0.6) is 0 Å². The minimum absolute atomic E-state index is 0.201. The molecule has 5 rings (SSSR count). The second-order valence-electron chi connectivity index (χ2n) is 9.07. The first-order valence-corrected chi connectivity index (χ1v) is 12.6. The van der Waals surface area contributed by atoms with Gasteiger partial charge in [-0.3, -0.25) is 0 Å². The van der Waals surface area contributed by atoms with Crippen LogP contribution in [0.25, 0.3) is 0 Å². The van der Waals surface area contributed by atoms with E-state index in [9.17, 15) is 13.6 Å². The predicted molar refractivity (Wildman–Crippen MR) is 146 cm³/mol. The lowest BCUT2D eigenvalue weighted by Crippen LogP contribution is -2.41. The molecule has 6 heteroatoms. The van der Waals surface area contributed by atoms with E-state index in [0.717, 1.165) is 16.8 Å². The Morgan fingerprint density at radius 1 is 0.816 bits per heavy atom. The Kier molecular flexibility index (Phi) is 7.50. The standard InChI is InChI=1S/C32H28F2N2O2/c1-2-38-32(37)30-28(35-26-17-13-24(33)14-18-26)21-29(22-9-5-3-6-10-22)36(27-19-15-25(34)16-20-27)31(30)23-11-7-4-8-12-23/h3-20,29,31,35H,2,21H2,1H3/t29-,31+/m0/s1. The van der Waals surface area contributed by atoms with Crippen molar-refractivity contribution >= 4 is 17.3 Å². The average Bonchev–Trinajstić information content (AvgIpc) is 2.95. The van der Waals surface area contributed by atoms with Crippen molar-refractivity contribution < 1.29 is 18.3 Å². The van der Waals surface area contributed by atoms with E-state index < -0.39 is 12.0 Å². The predicted octanol–water partition coefficient (Wildman–Crippen LogP) is 7.59. The third kappa shape index (κ3) is 5.30. The van der Waals surface area contributed by atoms with Crippen LogP contribution < -0.4 is 10.2 Å². The number of anilines is 2. The molecule has 0 fully saturated rings. The fraction of sp³-hybridized carbons (Fsp3) is 0.156. The van der Waals surface area contributed by atoms with Crippen molar-refractivity contribution in [2.75, 3.05) is 16.8 Å². The maximum atomic E-state index is 14.0. The monoisotopic (exact) mass is 510 g/mol. The number of ether oxygens (including phenoxy) is 1. The van der Waals surface area contributed by atoms with Crippen molar-refractivity contribution in [1.29, 1.82) is 0 Å². The molecular weight excluding hydrogens is 482 g/mol. The number of rotatable bonds is 7. The molecular formula is C32H28F2N2O2. The smallest absolute Gasteiger partial charge is 0.338 e. The van der Waals surface area contributed by atoms with Gasteiger partial charge < -0.3 is 15.0 Å². The van der Waals surface area contributed by atoms with Crippen LogP contribution in [0.4, 0.5) is 20.2 Å². The Hall–Kier alpha value is -4.45. The van der Waals surface area contributed by atoms with Gasteiger partial charge in [-0.05, 0) is 66.6 Å². The summed E-state index contributed by atoms with van der Waals surface area (Å²) >= 11 is 0. The van der Waals surface area contributed by atoms with Gasteiger partial charge in [0.15, 0.2) is 0 Å². The second kappa shape index (κ2) is 11.3. The van der Waals surface area contributed by atoms with Crippen LogP contribution in [-0.2, 0) is 9.53 Å². The maximum Gasteiger partial charge on any atom is 0.338 e. The molecule has 0 bridgehead atoms. The molecule has 192 valence electrons. The number of hydrogen-bond donors (Lipinski definition) is 1. The summed E-state index contributed by atoms with van der Waals surface area (Å²) in [5.41, 5.74) is 4.52. The maximum absolute atomic E-state index is 14.0. The summed E-state index contributed by atoms with van der Waals surface area (Å²) in [6.07, 6.45) is 0.441. The van der Waals surface area contributed by atoms with Crippen LogP contribution >= 0.6 is 0 Å². The van der Waals surface area contributed by atoms with Gasteiger partial charge in [-0.2, -0.15) is 0 Å². The molecule has 2 atom stereocenters. The average molecular weight is 511 g/mol. The molecule has 0 unspecified atom stereocenters. The molecule has 0 saturated heterocycles. The number of nitrogens with zero attached hydrogens (tertiary/aromatic N) is 1. The van der Waals surface area contributed by atoms with Crippen molar-refractivity contribution in [3.05, 3.63) is 143 Å². The highest BCUT2D eigenvalue weighted by atomic mass is 19.1. The summed E-state index contributed by atoms with van der Waals surface area (Å²) in [4.78, 5) is 15.8. The van der Waals surface area contributed by atoms with Gasteiger partial charge >= 0.3 is 5.97 Å². The van der Waals surface area contributed by atoms with E-state index in [1.165, 1.54) is 24.3 Å². The van der Waals surface area contributed by atoms with Gasteiger partial charge in [-0.25, -0.2) is 13.6 Å². The first-order chi connectivity index (χ1) is 18.5. The Bertz CT molecular complexity index is 1410. The molecule has 0 spiro atoms. The quantitative estimate of drug-likeness (QED) is 0.260. The van der Waals surface area contributed by atoms with E-state index in [-0.39, 0.29) is 24.3 Å². The topological polar surface area (TPSA) is 41.6 Å². The summed E-state index contributed by atoms with van der Waals surface area (Å²) in [6, 6.07) is 31.4. The van der Waals surface area contributed by atoms with E-state index in [4.69, 9.17) is 4.74 Å². The molecule has 1 N–H and O–H groups in total. The van der Waals surface area contributed by atoms with Crippen LogP contribution in [0.1, 0.15) is 36.6 Å². The minimum atomic E-state index is -0.539. The summed E-state index contributed by atoms with van der Waals surface area (Å²) in [5, 5.41) is 3.40. The molecule has 1 aliphatic rings. The first-order valence-electron chi connectivity index (χ1n) is 12.6. The number of hydrogen-bond acceptors (Lipinski definition) is 4. The molecule has 0 amide bonds. The highest BCUT2D eigenvalue weighted by molar-refractivity contribution is 5.93. The van der Waals surface area contributed by atoms with Crippen LogP contribution in [0.2, 0.25) is 0 Å². The van der Waals surface area contributed by atoms with Gasteiger partial charge in [-0.1, -0.05) is 60.7 Å². The van der Waals surface area contributed by atoms with Crippen molar-refractivity contribution in [3.63, 3.8) is 0 Å². The summed E-state index contributed by atoms with van der Waals surface area (Å²) in [7, 11) is 0. The third-order valence-electron chi connectivity index (χ3n) is 6.67. The first kappa shape index (κ1) is 25.2. The van der Waals surface area contributed by atoms with Crippen molar-refractivity contribution in [1.82, 2.24) is 0 Å². The fourth-order valence-electron chi connectivity index (χ4n) is 5.01. The normalized spacial score (nSPS) is 17.3. The van der Waals surface area contributed by atoms with E-state index in [2.05, 4.69) is 10.2 Å². The largest absolute Gasteiger partial charge is 0.463 e. The van der Waals surface area contributed by atoms with Crippen LogP contribution in [0.3, 0.4) is 0 Å².